The number of rotatable bonds is 28. The topological polar surface area (TPSA) is 227 Å². The van der Waals surface area contributed by atoms with E-state index in [-0.39, 0.29) is 22.7 Å². The Morgan fingerprint density at radius 3 is 2.05 bits per heavy atom. The summed E-state index contributed by atoms with van der Waals surface area (Å²) in [6.07, 6.45) is 2.62. The molecule has 1 aromatic heterocycles. The van der Waals surface area contributed by atoms with E-state index < -0.39 is 23.0 Å². The predicted molar refractivity (Wildman–Crippen MR) is 309 cm³/mol. The number of aryl methyl sites for hydroxylation is 1. The molecule has 3 heterocycles. The SMILES string of the molecule is Cc1nn(-c2ccc(C(N)=O)c(NCCCOCCOCCOCCOCCOCCCN(Cc3cccc(I)c3)C(S)Nc3ccc4c(c3)C(=O)OC43c4ccc(O)cc4Oc4cc(O)ccc43)c2)c2c1C(=O)CC(C)(C)C2. The lowest BCUT2D eigenvalue weighted by Gasteiger charge is -2.36. The van der Waals surface area contributed by atoms with Gasteiger partial charge in [-0.3, -0.25) is 14.5 Å². The summed E-state index contributed by atoms with van der Waals surface area (Å²) in [6, 6.07) is 28.6. The molecule has 1 unspecified atom stereocenters. The molecule has 0 saturated heterocycles. The Morgan fingerprint density at radius 1 is 0.797 bits per heavy atom. The largest absolute Gasteiger partial charge is 0.508 e. The Kier molecular flexibility index (Phi) is 18.8. The van der Waals surface area contributed by atoms with Crippen LogP contribution in [0.1, 0.15) is 97.8 Å². The second-order valence-corrected chi connectivity index (χ2v) is 22.2. The molecule has 1 amide bonds. The highest BCUT2D eigenvalue weighted by atomic mass is 127. The molecule has 0 radical (unpaired) electrons. The van der Waals surface area contributed by atoms with Gasteiger partial charge in [0.1, 0.15) is 28.5 Å². The van der Waals surface area contributed by atoms with E-state index in [4.69, 9.17) is 56.6 Å². The number of primary amides is 1. The highest BCUT2D eigenvalue weighted by Gasteiger charge is 2.54. The summed E-state index contributed by atoms with van der Waals surface area (Å²) in [4.78, 5) is 41.2. The molecule has 6 aromatic rings. The van der Waals surface area contributed by atoms with Crippen molar-refractivity contribution < 1.29 is 57.8 Å². The zero-order chi connectivity index (χ0) is 55.7. The number of nitrogens with two attached hydrogens (primary N) is 1. The van der Waals surface area contributed by atoms with Crippen LogP contribution in [0.2, 0.25) is 0 Å². The van der Waals surface area contributed by atoms with Crippen LogP contribution >= 0.6 is 35.2 Å². The van der Waals surface area contributed by atoms with Gasteiger partial charge in [-0.15, -0.1) is 12.6 Å². The van der Waals surface area contributed by atoms with Gasteiger partial charge in [-0.05, 0) is 126 Å². The molecule has 1 spiro atoms. The number of phenolic OH excluding ortho intramolecular Hbond substituents is 2. The Labute approximate surface area is 478 Å². The summed E-state index contributed by atoms with van der Waals surface area (Å²) in [5.74, 6) is -0.335. The van der Waals surface area contributed by atoms with E-state index in [9.17, 15) is 24.6 Å². The molecule has 1 atom stereocenters. The van der Waals surface area contributed by atoms with Gasteiger partial charge in [-0.25, -0.2) is 9.48 Å². The number of phenols is 2. The number of anilines is 2. The number of aromatic hydroxyl groups is 2. The van der Waals surface area contributed by atoms with Crippen LogP contribution in [0.3, 0.4) is 0 Å². The van der Waals surface area contributed by atoms with Gasteiger partial charge in [0.15, 0.2) is 11.4 Å². The smallest absolute Gasteiger partial charge is 0.340 e. The number of Topliss-reactive ketones (excluding diaryl/α,β-unsaturated/α-hetero) is 1. The Hall–Kier alpha value is -6.24. The zero-order valence-electron chi connectivity index (χ0n) is 44.6. The van der Waals surface area contributed by atoms with Crippen LogP contribution in [0.15, 0.2) is 97.1 Å². The number of thiol groups is 1. The summed E-state index contributed by atoms with van der Waals surface area (Å²) in [5.41, 5.74) is 11.7. The monoisotopic (exact) mass is 1210 g/mol. The molecule has 9 rings (SSSR count). The van der Waals surface area contributed by atoms with E-state index >= 15 is 0 Å². The first-order valence-corrected chi connectivity index (χ1v) is 28.0. The van der Waals surface area contributed by atoms with Crippen molar-refractivity contribution in [2.75, 3.05) is 89.8 Å². The van der Waals surface area contributed by atoms with E-state index in [0.717, 1.165) is 33.4 Å². The second kappa shape index (κ2) is 25.9. The first-order chi connectivity index (χ1) is 38.1. The molecule has 18 nitrogen and oxygen atoms in total. The third kappa shape index (κ3) is 13.7. The van der Waals surface area contributed by atoms with Crippen molar-refractivity contribution in [1.29, 1.82) is 0 Å². The average molecular weight is 1210 g/mol. The minimum atomic E-state index is -1.35. The van der Waals surface area contributed by atoms with Crippen molar-refractivity contribution in [3.63, 3.8) is 0 Å². The Morgan fingerprint density at radius 2 is 1.42 bits per heavy atom. The zero-order valence-corrected chi connectivity index (χ0v) is 47.6. The minimum absolute atomic E-state index is 0.0109. The maximum absolute atomic E-state index is 13.8. The normalized spacial score (nSPS) is 15.0. The van der Waals surface area contributed by atoms with Crippen molar-refractivity contribution in [2.24, 2.45) is 11.1 Å². The van der Waals surface area contributed by atoms with Crippen LogP contribution in [-0.4, -0.2) is 127 Å². The average Bonchev–Trinajstić information content (AvgIpc) is 3.57. The lowest BCUT2D eigenvalue weighted by molar-refractivity contribution is -0.0115. The van der Waals surface area contributed by atoms with Crippen LogP contribution in [0.5, 0.6) is 23.0 Å². The highest BCUT2D eigenvalue weighted by Crippen LogP contribution is 2.57. The Balaban J connectivity index is 0.644. The molecule has 3 aliphatic rings. The molecule has 1 aliphatic carbocycles. The summed E-state index contributed by atoms with van der Waals surface area (Å²) < 4.78 is 44.1. The van der Waals surface area contributed by atoms with Crippen LogP contribution < -0.4 is 21.1 Å². The van der Waals surface area contributed by atoms with Crippen LogP contribution in [-0.2, 0) is 47.0 Å². The number of esters is 1. The summed E-state index contributed by atoms with van der Waals surface area (Å²) in [5, 5.41) is 32.1. The third-order valence-corrected chi connectivity index (χ3v) is 15.1. The van der Waals surface area contributed by atoms with E-state index in [1.165, 1.54) is 24.3 Å². The van der Waals surface area contributed by atoms with E-state index in [2.05, 4.69) is 70.2 Å². The van der Waals surface area contributed by atoms with E-state index in [0.29, 0.717) is 160 Å². The van der Waals surface area contributed by atoms with Gasteiger partial charge in [0, 0.05) is 83.0 Å². The molecule has 0 fully saturated rings. The summed E-state index contributed by atoms with van der Waals surface area (Å²) in [6.45, 7) is 12.3. The maximum atomic E-state index is 13.8. The summed E-state index contributed by atoms with van der Waals surface area (Å²) >= 11 is 7.33. The molecule has 6 N–H and O–H groups in total. The predicted octanol–water partition coefficient (Wildman–Crippen LogP) is 9.12. The number of ketones is 1. The maximum Gasteiger partial charge on any atom is 0.340 e. The van der Waals surface area contributed by atoms with Crippen molar-refractivity contribution >= 4 is 64.3 Å². The van der Waals surface area contributed by atoms with E-state index in [1.807, 2.05) is 41.9 Å². The van der Waals surface area contributed by atoms with Crippen molar-refractivity contribution in [1.82, 2.24) is 14.7 Å². The van der Waals surface area contributed by atoms with E-state index in [1.54, 1.807) is 24.3 Å². The number of aromatic nitrogens is 2. The molecule has 2 aliphatic heterocycles. The first-order valence-electron chi connectivity index (χ1n) is 26.4. The van der Waals surface area contributed by atoms with Crippen LogP contribution in [0, 0.1) is 15.9 Å². The van der Waals surface area contributed by atoms with Crippen LogP contribution in [0.4, 0.5) is 11.4 Å². The molecule has 418 valence electrons. The minimum Gasteiger partial charge on any atom is -0.508 e. The molecular weight excluding hydrogens is 1140 g/mol. The number of carbonyl (C=O) groups excluding carboxylic acids is 3. The molecule has 20 heteroatoms. The molecular formula is C59H67IN6O12S. The number of nitrogens with zero attached hydrogens (tertiary/aromatic N) is 3. The molecule has 0 saturated carbocycles. The fraction of sp³-hybridized carbons (Fsp3) is 0.390. The fourth-order valence-electron chi connectivity index (χ4n) is 10.3. The number of nitrogens with one attached hydrogen (secondary N) is 2. The van der Waals surface area contributed by atoms with Crippen molar-refractivity contribution in [2.45, 2.75) is 64.1 Å². The lowest BCUT2D eigenvalue weighted by Crippen LogP contribution is -2.37. The van der Waals surface area contributed by atoms with Gasteiger partial charge < -0.3 is 59.7 Å². The van der Waals surface area contributed by atoms with Gasteiger partial charge in [-0.2, -0.15) is 5.10 Å². The van der Waals surface area contributed by atoms with Gasteiger partial charge in [0.25, 0.3) is 5.91 Å². The summed E-state index contributed by atoms with van der Waals surface area (Å²) in [7, 11) is 0. The standard InChI is InChI=1S/C59H67IN6O12S/c1-37-54-50(34-58(2,3)35-51(54)69)66(64-37)41-10-13-44(55(61)70)49(31-41)62-17-5-19-72-21-23-74-25-27-76-28-26-75-24-22-73-20-6-18-65(36-38-7-4-8-39(60)29-38)57(79)63-40-9-14-46-45(30-40)56(71)78-59(46)47-15-11-42(67)32-52(47)77-53-33-43(68)12-16-48(53)59/h4,7-16,29-33,57,62-63,67-68,79H,5-6,17-28,34-36H2,1-3H3,(H2,61,70). The van der Waals surface area contributed by atoms with Gasteiger partial charge in [0.05, 0.1) is 86.6 Å². The lowest BCUT2D eigenvalue weighted by atomic mass is 9.75. The molecule has 5 aromatic carbocycles. The number of ether oxygens (including phenoxy) is 7. The van der Waals surface area contributed by atoms with Gasteiger partial charge >= 0.3 is 5.97 Å². The van der Waals surface area contributed by atoms with Crippen molar-refractivity contribution in [3.05, 3.63) is 151 Å². The number of hydrogen-bond acceptors (Lipinski definition) is 17. The van der Waals surface area contributed by atoms with Crippen LogP contribution in [0.25, 0.3) is 5.69 Å². The number of carbonyl (C=O) groups is 3. The Bertz CT molecular complexity index is 3120. The fourth-order valence-corrected chi connectivity index (χ4v) is 11.3. The van der Waals surface area contributed by atoms with Crippen molar-refractivity contribution in [3.8, 4) is 28.7 Å². The number of benzene rings is 5. The molecule has 0 bridgehead atoms. The van der Waals surface area contributed by atoms with Gasteiger partial charge in [-0.1, -0.05) is 32.0 Å². The number of hydrogen-bond donors (Lipinski definition) is 6. The quantitative estimate of drug-likeness (QED) is 0.00885. The second-order valence-electron chi connectivity index (χ2n) is 20.5. The number of fused-ring (bicyclic) bond motifs is 7. The van der Waals surface area contributed by atoms with Gasteiger partial charge in [0.2, 0.25) is 0 Å². The third-order valence-electron chi connectivity index (χ3n) is 13.9. The number of halogens is 1. The first kappa shape index (κ1) is 57.4. The highest BCUT2D eigenvalue weighted by molar-refractivity contribution is 14.1. The number of amides is 1. The molecule has 79 heavy (non-hydrogen) atoms.